The molecule has 0 atom stereocenters. The molecule has 6 heterocycles. The van der Waals surface area contributed by atoms with Crippen LogP contribution in [0.2, 0.25) is 0 Å². The number of likely N-dealkylation sites (tertiary alicyclic amines) is 1. The smallest absolute Gasteiger partial charge is 0.138 e. The lowest BCUT2D eigenvalue weighted by Crippen LogP contribution is -2.21. The van der Waals surface area contributed by atoms with Crippen molar-refractivity contribution >= 4 is 40.6 Å². The highest BCUT2D eigenvalue weighted by atomic mass is 32.1. The Labute approximate surface area is 226 Å². The fourth-order valence-electron chi connectivity index (χ4n) is 5.20. The van der Waals surface area contributed by atoms with Crippen molar-refractivity contribution in [2.24, 2.45) is 0 Å². The molecule has 0 spiro atoms. The lowest BCUT2D eigenvalue weighted by atomic mass is 10.0. The van der Waals surface area contributed by atoms with E-state index in [4.69, 9.17) is 0 Å². The van der Waals surface area contributed by atoms with Gasteiger partial charge in [0, 0.05) is 39.6 Å². The monoisotopic (exact) mass is 520 g/mol. The minimum Gasteiger partial charge on any atom is -0.338 e. The van der Waals surface area contributed by atoms with E-state index in [2.05, 4.69) is 85.3 Å². The number of thiophene rings is 1. The van der Waals surface area contributed by atoms with Crippen molar-refractivity contribution < 1.29 is 0 Å². The fraction of sp³-hybridized carbons (Fsp3) is 0.258. The van der Waals surface area contributed by atoms with Gasteiger partial charge >= 0.3 is 0 Å². The number of hydrogen-bond acceptors (Lipinski definition) is 5. The van der Waals surface area contributed by atoms with E-state index in [1.165, 1.54) is 54.9 Å². The average molecular weight is 521 g/mol. The minimum absolute atomic E-state index is 0.805. The van der Waals surface area contributed by atoms with Gasteiger partial charge in [-0.2, -0.15) is 5.10 Å². The van der Waals surface area contributed by atoms with Crippen molar-refractivity contribution in [3.63, 3.8) is 0 Å². The summed E-state index contributed by atoms with van der Waals surface area (Å²) in [6.07, 6.45) is 14.9. The standard InChI is InChI=1S/C31H32N6S/c1-21(24-17-23(19-32-20-24)7-5-15-37-13-3-4-14-37)9-10-27-22(2)30(36-35-27)28-18-26-25(29-8-6-16-38-29)11-12-33-31(26)34-28/h6,8-12,16-20,35H,2-5,7,13-15H2,1H3,(H,33,34)/b21-9+,27-10+. The highest BCUT2D eigenvalue weighted by Crippen LogP contribution is 2.32. The Morgan fingerprint density at radius 1 is 1.18 bits per heavy atom. The first kappa shape index (κ1) is 24.5. The van der Waals surface area contributed by atoms with Crippen molar-refractivity contribution in [1.82, 2.24) is 30.0 Å². The first-order valence-electron chi connectivity index (χ1n) is 13.3. The van der Waals surface area contributed by atoms with Gasteiger partial charge in [0.1, 0.15) is 11.3 Å². The fourth-order valence-corrected chi connectivity index (χ4v) is 5.96. The number of rotatable bonds is 8. The third kappa shape index (κ3) is 5.12. The van der Waals surface area contributed by atoms with Crippen LogP contribution in [0.1, 0.15) is 37.3 Å². The second-order valence-electron chi connectivity index (χ2n) is 10.00. The van der Waals surface area contributed by atoms with Gasteiger partial charge in [-0.3, -0.25) is 10.1 Å². The van der Waals surface area contributed by atoms with E-state index < -0.39 is 0 Å². The Kier molecular flexibility index (Phi) is 7.03. The van der Waals surface area contributed by atoms with Crippen LogP contribution in [0.25, 0.3) is 51.1 Å². The van der Waals surface area contributed by atoms with E-state index in [1.807, 2.05) is 24.7 Å². The van der Waals surface area contributed by atoms with E-state index in [0.29, 0.717) is 0 Å². The summed E-state index contributed by atoms with van der Waals surface area (Å²) in [5, 5.41) is 12.7. The van der Waals surface area contributed by atoms with Crippen LogP contribution in [-0.2, 0) is 6.42 Å². The molecular formula is C31H32N6S. The molecule has 0 amide bonds. The van der Waals surface area contributed by atoms with Gasteiger partial charge in [0.2, 0.25) is 0 Å². The normalized spacial score (nSPS) is 15.2. The number of aromatic nitrogens is 5. The Hall–Kier alpha value is -3.81. The zero-order valence-corrected chi connectivity index (χ0v) is 22.5. The van der Waals surface area contributed by atoms with Gasteiger partial charge in [-0.25, -0.2) is 4.98 Å². The van der Waals surface area contributed by atoms with Crippen LogP contribution in [0.3, 0.4) is 0 Å². The molecule has 7 heteroatoms. The third-order valence-electron chi connectivity index (χ3n) is 7.36. The Balaban J connectivity index is 1.21. The van der Waals surface area contributed by atoms with Crippen molar-refractivity contribution in [2.75, 3.05) is 19.6 Å². The first-order valence-corrected chi connectivity index (χ1v) is 14.1. The second kappa shape index (κ2) is 10.9. The van der Waals surface area contributed by atoms with Crippen LogP contribution >= 0.6 is 11.3 Å². The zero-order chi connectivity index (χ0) is 25.9. The van der Waals surface area contributed by atoms with Crippen LogP contribution in [-0.4, -0.2) is 49.7 Å². The molecule has 0 aromatic carbocycles. The Morgan fingerprint density at radius 2 is 2.08 bits per heavy atom. The highest BCUT2D eigenvalue weighted by Gasteiger charge is 2.13. The van der Waals surface area contributed by atoms with Gasteiger partial charge in [0.25, 0.3) is 0 Å². The molecular weight excluding hydrogens is 488 g/mol. The number of H-pyrrole nitrogens is 2. The quantitative estimate of drug-likeness (QED) is 0.287. The average Bonchev–Trinajstić information content (AvgIpc) is 3.75. The summed E-state index contributed by atoms with van der Waals surface area (Å²) < 4.78 is 0. The van der Waals surface area contributed by atoms with Gasteiger partial charge in [0.15, 0.2) is 0 Å². The molecule has 1 fully saturated rings. The topological polar surface area (TPSA) is 73.5 Å². The molecule has 2 N–H and O–H groups in total. The third-order valence-corrected chi connectivity index (χ3v) is 8.26. The molecule has 0 aliphatic carbocycles. The lowest BCUT2D eigenvalue weighted by molar-refractivity contribution is 0.334. The van der Waals surface area contributed by atoms with E-state index in [-0.39, 0.29) is 0 Å². The minimum atomic E-state index is 0.805. The predicted octanol–water partition coefficient (Wildman–Crippen LogP) is 5.40. The molecule has 0 bridgehead atoms. The Morgan fingerprint density at radius 3 is 2.92 bits per heavy atom. The maximum absolute atomic E-state index is 4.58. The molecule has 192 valence electrons. The highest BCUT2D eigenvalue weighted by molar-refractivity contribution is 7.13. The summed E-state index contributed by atoms with van der Waals surface area (Å²) in [6, 6.07) is 10.7. The number of pyridine rings is 2. The molecule has 5 aromatic rings. The Bertz CT molecular complexity index is 1690. The lowest BCUT2D eigenvalue weighted by Gasteiger charge is -2.14. The summed E-state index contributed by atoms with van der Waals surface area (Å²) in [5.41, 5.74) is 7.33. The number of nitrogens with zero attached hydrogens (tertiary/aromatic N) is 4. The first-order chi connectivity index (χ1) is 18.7. The van der Waals surface area contributed by atoms with Gasteiger partial charge in [0.05, 0.1) is 11.0 Å². The number of aromatic amines is 2. The van der Waals surface area contributed by atoms with Crippen LogP contribution in [0.4, 0.5) is 0 Å². The van der Waals surface area contributed by atoms with Crippen molar-refractivity contribution in [2.45, 2.75) is 32.6 Å². The van der Waals surface area contributed by atoms with E-state index in [0.717, 1.165) is 50.5 Å². The summed E-state index contributed by atoms with van der Waals surface area (Å²) in [4.78, 5) is 16.3. The molecule has 0 unspecified atom stereocenters. The molecule has 38 heavy (non-hydrogen) atoms. The predicted molar refractivity (Wildman–Crippen MR) is 158 cm³/mol. The number of nitrogens with one attached hydrogen (secondary N) is 2. The SMILES string of the molecule is C=c1c(-c2cc3c(-c4cccs4)ccnc3[nH]2)n[nH]/c1=C/C=C(\C)c1cncc(CCCN2CCCC2)c1. The number of hydrogen-bond donors (Lipinski definition) is 2. The van der Waals surface area contributed by atoms with Crippen molar-refractivity contribution in [3.8, 4) is 21.8 Å². The van der Waals surface area contributed by atoms with E-state index >= 15 is 0 Å². The van der Waals surface area contributed by atoms with Crippen molar-refractivity contribution in [1.29, 1.82) is 0 Å². The molecule has 1 saturated heterocycles. The molecule has 0 radical (unpaired) electrons. The van der Waals surface area contributed by atoms with Crippen LogP contribution in [0.5, 0.6) is 0 Å². The maximum atomic E-state index is 4.58. The summed E-state index contributed by atoms with van der Waals surface area (Å²) >= 11 is 1.73. The number of allylic oxidation sites excluding steroid dienone is 2. The zero-order valence-electron chi connectivity index (χ0n) is 21.7. The molecule has 1 aliphatic rings. The van der Waals surface area contributed by atoms with Gasteiger partial charge < -0.3 is 9.88 Å². The molecule has 5 aromatic heterocycles. The second-order valence-corrected chi connectivity index (χ2v) is 10.9. The summed E-state index contributed by atoms with van der Waals surface area (Å²) in [5.74, 6) is 0. The molecule has 1 aliphatic heterocycles. The summed E-state index contributed by atoms with van der Waals surface area (Å²) in [7, 11) is 0. The maximum Gasteiger partial charge on any atom is 0.138 e. The van der Waals surface area contributed by atoms with Gasteiger partial charge in [-0.15, -0.1) is 11.3 Å². The largest absolute Gasteiger partial charge is 0.338 e. The van der Waals surface area contributed by atoms with E-state index in [1.54, 1.807) is 11.3 Å². The van der Waals surface area contributed by atoms with Gasteiger partial charge in [-0.1, -0.05) is 18.7 Å². The molecule has 6 nitrogen and oxygen atoms in total. The van der Waals surface area contributed by atoms with Crippen molar-refractivity contribution in [3.05, 3.63) is 82.1 Å². The van der Waals surface area contributed by atoms with Crippen LogP contribution in [0, 0.1) is 0 Å². The number of aryl methyl sites for hydroxylation is 1. The van der Waals surface area contributed by atoms with Gasteiger partial charge in [-0.05, 0) is 105 Å². The van der Waals surface area contributed by atoms with E-state index in [9.17, 15) is 0 Å². The van der Waals surface area contributed by atoms with Crippen LogP contribution in [0.15, 0.2) is 60.4 Å². The molecule has 0 saturated carbocycles. The number of fused-ring (bicyclic) bond motifs is 1. The summed E-state index contributed by atoms with van der Waals surface area (Å²) in [6.45, 7) is 10.1. The molecule has 6 rings (SSSR count). The van der Waals surface area contributed by atoms with Crippen LogP contribution < -0.4 is 10.6 Å².